The van der Waals surface area contributed by atoms with Crippen molar-refractivity contribution in [2.45, 2.75) is 0 Å². The van der Waals surface area contributed by atoms with Crippen molar-refractivity contribution in [3.8, 4) is 0 Å². The molecule has 6 nitrogen and oxygen atoms in total. The van der Waals surface area contributed by atoms with Crippen LogP contribution in [-0.4, -0.2) is 39.8 Å². The Morgan fingerprint density at radius 2 is 1.64 bits per heavy atom. The third-order valence-electron chi connectivity index (χ3n) is 1.95. The Kier molecular flexibility index (Phi) is 1.97. The summed E-state index contributed by atoms with van der Waals surface area (Å²) in [5.41, 5.74) is 5.51. The van der Waals surface area contributed by atoms with E-state index in [1.54, 1.807) is 0 Å². The number of amides is 2. The SMILES string of the molecule is NCCN1C(=O)c2nccnc2C1=O. The molecule has 1 aromatic rings. The summed E-state index contributed by atoms with van der Waals surface area (Å²) in [6.07, 6.45) is 2.77. The lowest BCUT2D eigenvalue weighted by Crippen LogP contribution is -2.34. The van der Waals surface area contributed by atoms with E-state index in [4.69, 9.17) is 5.73 Å². The van der Waals surface area contributed by atoms with Crippen molar-refractivity contribution in [1.29, 1.82) is 0 Å². The molecule has 0 aromatic carbocycles. The summed E-state index contributed by atoms with van der Waals surface area (Å²) in [4.78, 5) is 31.8. The Labute approximate surface area is 79.7 Å². The zero-order valence-corrected chi connectivity index (χ0v) is 7.30. The van der Waals surface area contributed by atoms with Gasteiger partial charge in [0, 0.05) is 25.5 Å². The van der Waals surface area contributed by atoms with Gasteiger partial charge in [-0.05, 0) is 0 Å². The van der Waals surface area contributed by atoms with Gasteiger partial charge in [0.05, 0.1) is 0 Å². The molecule has 0 aliphatic carbocycles. The van der Waals surface area contributed by atoms with Gasteiger partial charge in [0.1, 0.15) is 0 Å². The lowest BCUT2D eigenvalue weighted by molar-refractivity contribution is 0.0655. The molecule has 0 fully saturated rings. The minimum absolute atomic E-state index is 0.117. The number of carbonyl (C=O) groups excluding carboxylic acids is 2. The van der Waals surface area contributed by atoms with Crippen LogP contribution >= 0.6 is 0 Å². The first-order valence-electron chi connectivity index (χ1n) is 4.13. The fraction of sp³-hybridized carbons (Fsp3) is 0.250. The van der Waals surface area contributed by atoms with Crippen LogP contribution in [0.3, 0.4) is 0 Å². The van der Waals surface area contributed by atoms with E-state index in [1.807, 2.05) is 0 Å². The maximum Gasteiger partial charge on any atom is 0.281 e. The van der Waals surface area contributed by atoms with Gasteiger partial charge in [0.2, 0.25) is 0 Å². The van der Waals surface area contributed by atoms with E-state index in [-0.39, 0.29) is 24.5 Å². The van der Waals surface area contributed by atoms with Gasteiger partial charge in [0.25, 0.3) is 11.8 Å². The standard InChI is InChI=1S/C8H8N4O2/c9-1-4-12-7(13)5-6(8(12)14)11-3-2-10-5/h2-3H,1,4,9H2. The zero-order valence-electron chi connectivity index (χ0n) is 7.30. The predicted octanol–water partition coefficient (Wildman–Crippen LogP) is -0.969. The summed E-state index contributed by atoms with van der Waals surface area (Å²) in [5, 5.41) is 0. The summed E-state index contributed by atoms with van der Waals surface area (Å²) in [7, 11) is 0. The number of hydrogen-bond donors (Lipinski definition) is 1. The van der Waals surface area contributed by atoms with Crippen LogP contribution in [0, 0.1) is 0 Å². The van der Waals surface area contributed by atoms with Crippen molar-refractivity contribution in [2.75, 3.05) is 13.1 Å². The molecule has 0 unspecified atom stereocenters. The van der Waals surface area contributed by atoms with Crippen molar-refractivity contribution in [3.05, 3.63) is 23.8 Å². The number of carbonyl (C=O) groups is 2. The number of fused-ring (bicyclic) bond motifs is 1. The van der Waals surface area contributed by atoms with E-state index in [9.17, 15) is 9.59 Å². The minimum Gasteiger partial charge on any atom is -0.329 e. The Hall–Kier alpha value is -1.82. The largest absolute Gasteiger partial charge is 0.329 e. The maximum atomic E-state index is 11.5. The van der Waals surface area contributed by atoms with Crippen LogP contribution in [0.2, 0.25) is 0 Å². The Balaban J connectivity index is 2.43. The first-order chi connectivity index (χ1) is 6.75. The van der Waals surface area contributed by atoms with Crippen LogP contribution in [0.5, 0.6) is 0 Å². The maximum absolute atomic E-state index is 11.5. The van der Waals surface area contributed by atoms with Crippen LogP contribution in [0.4, 0.5) is 0 Å². The molecule has 1 aromatic heterocycles. The molecular formula is C8H8N4O2. The molecule has 14 heavy (non-hydrogen) atoms. The molecule has 0 spiro atoms. The van der Waals surface area contributed by atoms with Gasteiger partial charge >= 0.3 is 0 Å². The van der Waals surface area contributed by atoms with E-state index in [0.29, 0.717) is 0 Å². The molecule has 0 saturated carbocycles. The zero-order chi connectivity index (χ0) is 10.1. The second kappa shape index (κ2) is 3.15. The third-order valence-corrected chi connectivity index (χ3v) is 1.95. The van der Waals surface area contributed by atoms with Crippen molar-refractivity contribution < 1.29 is 9.59 Å². The summed E-state index contributed by atoms with van der Waals surface area (Å²) < 4.78 is 0. The normalized spacial score (nSPS) is 14.8. The fourth-order valence-electron chi connectivity index (χ4n) is 1.33. The van der Waals surface area contributed by atoms with E-state index < -0.39 is 11.8 Å². The lowest BCUT2D eigenvalue weighted by Gasteiger charge is -2.10. The fourth-order valence-corrected chi connectivity index (χ4v) is 1.33. The molecule has 1 aliphatic heterocycles. The van der Waals surface area contributed by atoms with Gasteiger partial charge in [0.15, 0.2) is 11.4 Å². The number of aromatic nitrogens is 2. The molecule has 0 bridgehead atoms. The van der Waals surface area contributed by atoms with E-state index in [1.165, 1.54) is 12.4 Å². The average Bonchev–Trinajstić information content (AvgIpc) is 2.45. The van der Waals surface area contributed by atoms with Crippen molar-refractivity contribution in [3.63, 3.8) is 0 Å². The number of nitrogens with zero attached hydrogens (tertiary/aromatic N) is 3. The second-order valence-electron chi connectivity index (χ2n) is 2.80. The summed E-state index contributed by atoms with van der Waals surface area (Å²) in [6.45, 7) is 0.446. The number of nitrogens with two attached hydrogens (primary N) is 1. The highest BCUT2D eigenvalue weighted by Gasteiger charge is 2.37. The van der Waals surface area contributed by atoms with Crippen molar-refractivity contribution >= 4 is 11.8 Å². The average molecular weight is 192 g/mol. The van der Waals surface area contributed by atoms with Gasteiger partial charge in [-0.1, -0.05) is 0 Å². The Bertz CT molecular complexity index is 369. The Morgan fingerprint density at radius 3 is 2.07 bits per heavy atom. The molecule has 2 amide bonds. The summed E-state index contributed by atoms with van der Waals surface area (Å²) >= 11 is 0. The molecule has 1 aliphatic rings. The van der Waals surface area contributed by atoms with E-state index >= 15 is 0 Å². The predicted molar refractivity (Wildman–Crippen MR) is 46.5 cm³/mol. The topological polar surface area (TPSA) is 89.2 Å². The van der Waals surface area contributed by atoms with Crippen molar-refractivity contribution in [2.24, 2.45) is 5.73 Å². The number of imide groups is 1. The second-order valence-corrected chi connectivity index (χ2v) is 2.80. The third kappa shape index (κ3) is 1.08. The van der Waals surface area contributed by atoms with Crippen LogP contribution in [0.15, 0.2) is 12.4 Å². The molecule has 0 saturated heterocycles. The van der Waals surface area contributed by atoms with E-state index in [2.05, 4.69) is 9.97 Å². The smallest absolute Gasteiger partial charge is 0.281 e. The lowest BCUT2D eigenvalue weighted by atomic mass is 10.3. The number of hydrogen-bond acceptors (Lipinski definition) is 5. The molecule has 0 radical (unpaired) electrons. The first-order valence-corrected chi connectivity index (χ1v) is 4.13. The molecule has 0 atom stereocenters. The van der Waals surface area contributed by atoms with Crippen LogP contribution in [0.25, 0.3) is 0 Å². The molecule has 72 valence electrons. The molecular weight excluding hydrogens is 184 g/mol. The molecule has 2 rings (SSSR count). The molecule has 2 N–H and O–H groups in total. The van der Waals surface area contributed by atoms with Crippen molar-refractivity contribution in [1.82, 2.24) is 14.9 Å². The number of rotatable bonds is 2. The van der Waals surface area contributed by atoms with Crippen LogP contribution in [0.1, 0.15) is 21.0 Å². The summed E-state index contributed by atoms with van der Waals surface area (Å²) in [5.74, 6) is -0.827. The molecule has 6 heteroatoms. The highest BCUT2D eigenvalue weighted by molar-refractivity contribution is 6.19. The van der Waals surface area contributed by atoms with Crippen LogP contribution in [-0.2, 0) is 0 Å². The van der Waals surface area contributed by atoms with Gasteiger partial charge < -0.3 is 5.73 Å². The van der Waals surface area contributed by atoms with Gasteiger partial charge in [-0.3, -0.25) is 14.5 Å². The molecule has 2 heterocycles. The van der Waals surface area contributed by atoms with E-state index in [0.717, 1.165) is 4.90 Å². The monoisotopic (exact) mass is 192 g/mol. The highest BCUT2D eigenvalue weighted by Crippen LogP contribution is 2.17. The Morgan fingerprint density at radius 1 is 1.14 bits per heavy atom. The summed E-state index contributed by atoms with van der Waals surface area (Å²) in [6, 6.07) is 0. The van der Waals surface area contributed by atoms with Gasteiger partial charge in [-0.15, -0.1) is 0 Å². The van der Waals surface area contributed by atoms with Gasteiger partial charge in [-0.2, -0.15) is 0 Å². The first kappa shape index (κ1) is 8.76. The highest BCUT2D eigenvalue weighted by atomic mass is 16.2. The van der Waals surface area contributed by atoms with Gasteiger partial charge in [-0.25, -0.2) is 9.97 Å². The minimum atomic E-state index is -0.413. The quantitative estimate of drug-likeness (QED) is 0.609. The van der Waals surface area contributed by atoms with Crippen LogP contribution < -0.4 is 5.73 Å².